The maximum absolute atomic E-state index is 11.8. The van der Waals surface area contributed by atoms with Gasteiger partial charge in [-0.25, -0.2) is 9.89 Å². The first-order valence-electron chi connectivity index (χ1n) is 7.37. The van der Waals surface area contributed by atoms with Gasteiger partial charge in [-0.15, -0.1) is 5.10 Å². The van der Waals surface area contributed by atoms with Crippen molar-refractivity contribution in [2.45, 2.75) is 48.8 Å². The molecule has 0 aliphatic heterocycles. The van der Waals surface area contributed by atoms with Crippen molar-refractivity contribution in [3.63, 3.8) is 0 Å². The minimum absolute atomic E-state index is 0.0996. The van der Waals surface area contributed by atoms with E-state index in [2.05, 4.69) is 53.6 Å². The van der Waals surface area contributed by atoms with Crippen molar-refractivity contribution in [3.8, 4) is 0 Å². The Balaban J connectivity index is 1.75. The van der Waals surface area contributed by atoms with Crippen LogP contribution in [0.4, 0.5) is 0 Å². The van der Waals surface area contributed by atoms with Crippen molar-refractivity contribution in [1.82, 2.24) is 20.1 Å². The molecule has 21 heavy (non-hydrogen) atoms. The van der Waals surface area contributed by atoms with Crippen LogP contribution in [0, 0.1) is 0 Å². The Hall–Kier alpha value is -1.53. The maximum Gasteiger partial charge on any atom is 0.344 e. The smallest absolute Gasteiger partial charge is 0.310 e. The molecule has 1 heterocycles. The van der Waals surface area contributed by atoms with Crippen LogP contribution in [0.15, 0.2) is 39.1 Å². The summed E-state index contributed by atoms with van der Waals surface area (Å²) in [7, 11) is 0. The van der Waals surface area contributed by atoms with Crippen LogP contribution >= 0.6 is 11.8 Å². The molecular formula is C15H20N4OS. The van der Waals surface area contributed by atoms with Gasteiger partial charge in [-0.05, 0) is 55.8 Å². The second-order valence-electron chi connectivity index (χ2n) is 5.36. The highest BCUT2D eigenvalue weighted by Crippen LogP contribution is 2.37. The van der Waals surface area contributed by atoms with Crippen molar-refractivity contribution in [3.05, 3.63) is 40.3 Å². The number of H-pyrrole nitrogens is 1. The van der Waals surface area contributed by atoms with Gasteiger partial charge in [-0.1, -0.05) is 19.1 Å². The van der Waals surface area contributed by atoms with Crippen LogP contribution < -0.4 is 11.0 Å². The van der Waals surface area contributed by atoms with Gasteiger partial charge in [-0.3, -0.25) is 4.57 Å². The average molecular weight is 304 g/mol. The molecule has 3 rings (SSSR count). The Bertz CT molecular complexity index is 657. The molecule has 1 atom stereocenters. The highest BCUT2D eigenvalue weighted by molar-refractivity contribution is 7.99. The number of benzene rings is 1. The molecule has 0 spiro atoms. The van der Waals surface area contributed by atoms with Crippen LogP contribution in [-0.4, -0.2) is 21.3 Å². The zero-order valence-corrected chi connectivity index (χ0v) is 13.1. The van der Waals surface area contributed by atoms with Crippen LogP contribution in [0.5, 0.6) is 0 Å². The number of rotatable bonds is 6. The summed E-state index contributed by atoms with van der Waals surface area (Å²) >= 11 is 1.54. The molecule has 1 aromatic carbocycles. The van der Waals surface area contributed by atoms with E-state index in [4.69, 9.17) is 0 Å². The first-order chi connectivity index (χ1) is 10.2. The molecule has 0 bridgehead atoms. The Kier molecular flexibility index (Phi) is 4.17. The predicted octanol–water partition coefficient (Wildman–Crippen LogP) is 2.73. The van der Waals surface area contributed by atoms with Gasteiger partial charge in [0.25, 0.3) is 0 Å². The van der Waals surface area contributed by atoms with E-state index in [1.165, 1.54) is 17.3 Å². The van der Waals surface area contributed by atoms with E-state index in [-0.39, 0.29) is 5.69 Å². The Morgan fingerprint density at radius 2 is 2.14 bits per heavy atom. The first kappa shape index (κ1) is 14.4. The SMILES string of the molecule is CCNC(C)c1ccc(Sc2n[nH]c(=O)n2C2CC2)cc1. The summed E-state index contributed by atoms with van der Waals surface area (Å²) in [6, 6.07) is 9.12. The lowest BCUT2D eigenvalue weighted by atomic mass is 10.1. The Labute approximate surface area is 128 Å². The predicted molar refractivity (Wildman–Crippen MR) is 83.8 cm³/mol. The van der Waals surface area contributed by atoms with Crippen molar-refractivity contribution in [2.24, 2.45) is 0 Å². The van der Waals surface area contributed by atoms with Gasteiger partial charge in [-0.2, -0.15) is 0 Å². The molecule has 1 aliphatic carbocycles. The molecule has 0 radical (unpaired) electrons. The molecule has 0 saturated heterocycles. The fourth-order valence-electron chi connectivity index (χ4n) is 2.37. The standard InChI is InChI=1S/C15H20N4OS/c1-3-16-10(2)11-4-8-13(9-5-11)21-15-18-17-14(20)19(15)12-6-7-12/h4-5,8-10,12,16H,3,6-7H2,1-2H3,(H,17,20). The Morgan fingerprint density at radius 3 is 2.76 bits per heavy atom. The zero-order valence-electron chi connectivity index (χ0n) is 12.3. The molecular weight excluding hydrogens is 284 g/mol. The summed E-state index contributed by atoms with van der Waals surface area (Å²) < 4.78 is 1.78. The highest BCUT2D eigenvalue weighted by Gasteiger charge is 2.28. The summed E-state index contributed by atoms with van der Waals surface area (Å²) in [5.74, 6) is 0. The van der Waals surface area contributed by atoms with Crippen LogP contribution in [0.25, 0.3) is 0 Å². The van der Waals surface area contributed by atoms with E-state index < -0.39 is 0 Å². The summed E-state index contributed by atoms with van der Waals surface area (Å²) in [5, 5.41) is 10.8. The molecule has 1 aliphatic rings. The number of aromatic nitrogens is 3. The van der Waals surface area contributed by atoms with Crippen molar-refractivity contribution >= 4 is 11.8 Å². The van der Waals surface area contributed by atoms with E-state index >= 15 is 0 Å². The Morgan fingerprint density at radius 1 is 1.43 bits per heavy atom. The largest absolute Gasteiger partial charge is 0.344 e. The fourth-order valence-corrected chi connectivity index (χ4v) is 3.28. The minimum Gasteiger partial charge on any atom is -0.310 e. The van der Waals surface area contributed by atoms with Crippen LogP contribution in [0.1, 0.15) is 44.3 Å². The molecule has 6 heteroatoms. The maximum atomic E-state index is 11.8. The van der Waals surface area contributed by atoms with Crippen LogP contribution in [0.3, 0.4) is 0 Å². The highest BCUT2D eigenvalue weighted by atomic mass is 32.2. The summed E-state index contributed by atoms with van der Waals surface area (Å²) in [5.41, 5.74) is 1.17. The molecule has 0 amide bonds. The lowest BCUT2D eigenvalue weighted by Gasteiger charge is -2.13. The van der Waals surface area contributed by atoms with Crippen molar-refractivity contribution < 1.29 is 0 Å². The van der Waals surface area contributed by atoms with Crippen molar-refractivity contribution in [1.29, 1.82) is 0 Å². The molecule has 112 valence electrons. The lowest BCUT2D eigenvalue weighted by molar-refractivity contribution is 0.598. The molecule has 1 saturated carbocycles. The average Bonchev–Trinajstić information content (AvgIpc) is 3.25. The van der Waals surface area contributed by atoms with E-state index in [0.29, 0.717) is 12.1 Å². The minimum atomic E-state index is -0.0996. The van der Waals surface area contributed by atoms with Gasteiger partial charge in [0, 0.05) is 17.0 Å². The molecule has 2 N–H and O–H groups in total. The summed E-state index contributed by atoms with van der Waals surface area (Å²) in [6.07, 6.45) is 2.15. The second-order valence-corrected chi connectivity index (χ2v) is 6.40. The van der Waals surface area contributed by atoms with E-state index in [9.17, 15) is 4.79 Å². The van der Waals surface area contributed by atoms with Gasteiger partial charge < -0.3 is 5.32 Å². The molecule has 5 nitrogen and oxygen atoms in total. The number of nitrogens with one attached hydrogen (secondary N) is 2. The molecule has 1 unspecified atom stereocenters. The summed E-state index contributed by atoms with van der Waals surface area (Å²) in [4.78, 5) is 12.9. The van der Waals surface area contributed by atoms with Crippen molar-refractivity contribution in [2.75, 3.05) is 6.54 Å². The fraction of sp³-hybridized carbons (Fsp3) is 0.467. The van der Waals surface area contributed by atoms with Gasteiger partial charge in [0.15, 0.2) is 5.16 Å². The van der Waals surface area contributed by atoms with Crippen LogP contribution in [0.2, 0.25) is 0 Å². The van der Waals surface area contributed by atoms with Gasteiger partial charge >= 0.3 is 5.69 Å². The third kappa shape index (κ3) is 3.22. The third-order valence-corrected chi connectivity index (χ3v) is 4.66. The number of aromatic amines is 1. The number of nitrogens with zero attached hydrogens (tertiary/aromatic N) is 2. The van der Waals surface area contributed by atoms with Crippen LogP contribution in [-0.2, 0) is 0 Å². The van der Waals surface area contributed by atoms with Gasteiger partial charge in [0.05, 0.1) is 0 Å². The zero-order chi connectivity index (χ0) is 14.8. The third-order valence-electron chi connectivity index (χ3n) is 3.68. The first-order valence-corrected chi connectivity index (χ1v) is 8.18. The number of hydrogen-bond acceptors (Lipinski definition) is 4. The lowest BCUT2D eigenvalue weighted by Crippen LogP contribution is -2.17. The summed E-state index contributed by atoms with van der Waals surface area (Å²) in [6.45, 7) is 5.22. The quantitative estimate of drug-likeness (QED) is 0.861. The monoisotopic (exact) mass is 304 g/mol. The number of hydrogen-bond donors (Lipinski definition) is 2. The van der Waals surface area contributed by atoms with E-state index in [1.807, 2.05) is 0 Å². The second kappa shape index (κ2) is 6.07. The van der Waals surface area contributed by atoms with Gasteiger partial charge in [0.1, 0.15) is 0 Å². The topological polar surface area (TPSA) is 62.7 Å². The molecule has 2 aromatic rings. The normalized spacial score (nSPS) is 16.1. The molecule has 1 fully saturated rings. The molecule has 1 aromatic heterocycles. The van der Waals surface area contributed by atoms with E-state index in [1.54, 1.807) is 4.57 Å². The van der Waals surface area contributed by atoms with E-state index in [0.717, 1.165) is 29.4 Å². The van der Waals surface area contributed by atoms with Gasteiger partial charge in [0.2, 0.25) is 0 Å².